The van der Waals surface area contributed by atoms with Crippen LogP contribution in [0.2, 0.25) is 0 Å². The van der Waals surface area contributed by atoms with E-state index in [9.17, 15) is 34.6 Å². The van der Waals surface area contributed by atoms with E-state index in [1.165, 1.54) is 37.3 Å². The van der Waals surface area contributed by atoms with Crippen LogP contribution in [0.4, 0.5) is 17.1 Å². The first kappa shape index (κ1) is 22.9. The highest BCUT2D eigenvalue weighted by molar-refractivity contribution is 5.97. The van der Waals surface area contributed by atoms with Gasteiger partial charge in [-0.2, -0.15) is 0 Å². The minimum absolute atomic E-state index is 0.0431. The van der Waals surface area contributed by atoms with Crippen LogP contribution in [-0.4, -0.2) is 40.8 Å². The Kier molecular flexibility index (Phi) is 7.33. The molecule has 0 bridgehead atoms. The number of nitro benzene ring substituents is 2. The van der Waals surface area contributed by atoms with Gasteiger partial charge >= 0.3 is 5.97 Å². The predicted molar refractivity (Wildman–Crippen MR) is 108 cm³/mol. The molecule has 0 aliphatic rings. The van der Waals surface area contributed by atoms with Crippen LogP contribution in [0.3, 0.4) is 0 Å². The summed E-state index contributed by atoms with van der Waals surface area (Å²) in [7, 11) is 0. The van der Waals surface area contributed by atoms with Gasteiger partial charge in [-0.15, -0.1) is 0 Å². The number of aryl methyl sites for hydroxylation is 2. The van der Waals surface area contributed by atoms with Crippen molar-refractivity contribution in [2.75, 3.05) is 18.5 Å². The van der Waals surface area contributed by atoms with Crippen molar-refractivity contribution in [1.82, 2.24) is 5.32 Å². The van der Waals surface area contributed by atoms with Gasteiger partial charge in [0.25, 0.3) is 23.2 Å². The molecule has 0 saturated carbocycles. The lowest BCUT2D eigenvalue weighted by Crippen LogP contribution is -2.32. The van der Waals surface area contributed by atoms with Crippen molar-refractivity contribution in [2.24, 2.45) is 0 Å². The Bertz CT molecular complexity index is 1070. The summed E-state index contributed by atoms with van der Waals surface area (Å²) in [6, 6.07) is 7.95. The van der Waals surface area contributed by atoms with Crippen LogP contribution < -0.4 is 10.6 Å². The average molecular weight is 430 g/mol. The molecule has 0 unspecified atom stereocenters. The molecule has 0 aliphatic carbocycles. The second-order valence-corrected chi connectivity index (χ2v) is 6.43. The van der Waals surface area contributed by atoms with Crippen molar-refractivity contribution >= 4 is 34.8 Å². The van der Waals surface area contributed by atoms with E-state index in [1.807, 2.05) is 0 Å². The number of nitrogens with zero attached hydrogens (tertiary/aromatic N) is 2. The maximum Gasteiger partial charge on any atom is 0.325 e. The van der Waals surface area contributed by atoms with Crippen LogP contribution in [0.1, 0.15) is 21.5 Å². The van der Waals surface area contributed by atoms with Crippen molar-refractivity contribution in [3.8, 4) is 0 Å². The molecule has 2 amide bonds. The molecule has 12 heteroatoms. The van der Waals surface area contributed by atoms with Crippen LogP contribution in [0.25, 0.3) is 0 Å². The lowest BCUT2D eigenvalue weighted by molar-refractivity contribution is -0.385. The summed E-state index contributed by atoms with van der Waals surface area (Å²) in [5.41, 5.74) is 0.539. The average Bonchev–Trinajstić information content (AvgIpc) is 2.71. The Morgan fingerprint density at radius 3 is 2.26 bits per heavy atom. The van der Waals surface area contributed by atoms with Crippen molar-refractivity contribution in [3.05, 3.63) is 73.3 Å². The molecule has 0 saturated heterocycles. The van der Waals surface area contributed by atoms with Gasteiger partial charge in [-0.1, -0.05) is 6.07 Å². The number of esters is 1. The highest BCUT2D eigenvalue weighted by Crippen LogP contribution is 2.25. The summed E-state index contributed by atoms with van der Waals surface area (Å²) in [6.45, 7) is 1.87. The first-order valence-electron chi connectivity index (χ1n) is 8.82. The number of hydrogen-bond donors (Lipinski definition) is 2. The molecule has 2 aromatic carbocycles. The Labute approximate surface area is 175 Å². The maximum atomic E-state index is 12.1. The summed E-state index contributed by atoms with van der Waals surface area (Å²) in [5.74, 6) is -2.37. The molecule has 31 heavy (non-hydrogen) atoms. The fourth-order valence-corrected chi connectivity index (χ4v) is 2.54. The van der Waals surface area contributed by atoms with E-state index in [1.54, 1.807) is 13.0 Å². The molecule has 162 valence electrons. The summed E-state index contributed by atoms with van der Waals surface area (Å²) in [4.78, 5) is 56.4. The standard InChI is InChI=1S/C19H18N4O8/c1-11-3-5-14(16(7-11)23(29)30)21-17(24)10-31-18(25)9-20-19(26)13-4-6-15(22(27)28)12(2)8-13/h3-8H,9-10H2,1-2H3,(H,20,26)(H,21,24). The van der Waals surface area contributed by atoms with Crippen molar-refractivity contribution in [2.45, 2.75) is 13.8 Å². The highest BCUT2D eigenvalue weighted by Gasteiger charge is 2.18. The largest absolute Gasteiger partial charge is 0.454 e. The van der Waals surface area contributed by atoms with Crippen LogP contribution in [-0.2, 0) is 14.3 Å². The number of ether oxygens (including phenoxy) is 1. The lowest BCUT2D eigenvalue weighted by Gasteiger charge is -2.09. The lowest BCUT2D eigenvalue weighted by atomic mass is 10.1. The van der Waals surface area contributed by atoms with Gasteiger partial charge in [-0.3, -0.25) is 34.6 Å². The number of hydrogen-bond acceptors (Lipinski definition) is 8. The molecule has 2 aromatic rings. The van der Waals surface area contributed by atoms with Gasteiger partial charge in [-0.25, -0.2) is 0 Å². The van der Waals surface area contributed by atoms with Crippen molar-refractivity contribution < 1.29 is 29.0 Å². The van der Waals surface area contributed by atoms with Gasteiger partial charge in [0.2, 0.25) is 0 Å². The topological polar surface area (TPSA) is 171 Å². The summed E-state index contributed by atoms with van der Waals surface area (Å²) in [6.07, 6.45) is 0. The molecular formula is C19H18N4O8. The van der Waals surface area contributed by atoms with Crippen LogP contribution in [0.15, 0.2) is 36.4 Å². The number of anilines is 1. The smallest absolute Gasteiger partial charge is 0.325 e. The van der Waals surface area contributed by atoms with Crippen molar-refractivity contribution in [1.29, 1.82) is 0 Å². The third-order valence-electron chi connectivity index (χ3n) is 4.04. The SMILES string of the molecule is Cc1ccc(NC(=O)COC(=O)CNC(=O)c2ccc([N+](=O)[O-])c(C)c2)c([N+](=O)[O-])c1. The number of nitrogens with one attached hydrogen (secondary N) is 2. The van der Waals surface area contributed by atoms with E-state index in [0.717, 1.165) is 0 Å². The van der Waals surface area contributed by atoms with Crippen molar-refractivity contribution in [3.63, 3.8) is 0 Å². The zero-order chi connectivity index (χ0) is 23.1. The minimum Gasteiger partial charge on any atom is -0.454 e. The molecule has 0 aliphatic heterocycles. The molecule has 0 aromatic heterocycles. The Balaban J connectivity index is 1.85. The number of amides is 2. The van der Waals surface area contributed by atoms with Gasteiger partial charge in [0.05, 0.1) is 9.85 Å². The van der Waals surface area contributed by atoms with Gasteiger partial charge in [-0.05, 0) is 37.6 Å². The van der Waals surface area contributed by atoms with Crippen LogP contribution >= 0.6 is 0 Å². The van der Waals surface area contributed by atoms with Gasteiger partial charge in [0, 0.05) is 23.3 Å². The van der Waals surface area contributed by atoms with Gasteiger partial charge in [0.1, 0.15) is 12.2 Å². The molecular weight excluding hydrogens is 412 g/mol. The fourth-order valence-electron chi connectivity index (χ4n) is 2.54. The minimum atomic E-state index is -0.916. The number of carbonyl (C=O) groups is 3. The van der Waals surface area contributed by atoms with Gasteiger partial charge in [0.15, 0.2) is 6.61 Å². The predicted octanol–water partition coefficient (Wildman–Crippen LogP) is 2.03. The van der Waals surface area contributed by atoms with E-state index in [0.29, 0.717) is 5.56 Å². The molecule has 0 atom stereocenters. The third-order valence-corrected chi connectivity index (χ3v) is 4.04. The number of nitro groups is 2. The van der Waals surface area contributed by atoms with Crippen LogP contribution in [0.5, 0.6) is 0 Å². The number of benzene rings is 2. The first-order chi connectivity index (χ1) is 14.6. The summed E-state index contributed by atoms with van der Waals surface area (Å²) < 4.78 is 4.74. The third kappa shape index (κ3) is 6.32. The monoisotopic (exact) mass is 430 g/mol. The quantitative estimate of drug-likeness (QED) is 0.364. The Morgan fingerprint density at radius 2 is 1.65 bits per heavy atom. The van der Waals surface area contributed by atoms with Crippen LogP contribution in [0, 0.1) is 34.1 Å². The first-order valence-corrected chi connectivity index (χ1v) is 8.82. The molecule has 12 nitrogen and oxygen atoms in total. The number of carbonyl (C=O) groups excluding carboxylic acids is 3. The van der Waals surface area contributed by atoms with E-state index >= 15 is 0 Å². The Hall–Kier alpha value is -4.35. The maximum absolute atomic E-state index is 12.1. The molecule has 0 radical (unpaired) electrons. The summed E-state index contributed by atoms with van der Waals surface area (Å²) in [5, 5.41) is 26.4. The van der Waals surface area contributed by atoms with E-state index in [-0.39, 0.29) is 28.2 Å². The Morgan fingerprint density at radius 1 is 0.968 bits per heavy atom. The van der Waals surface area contributed by atoms with E-state index < -0.39 is 40.8 Å². The summed E-state index contributed by atoms with van der Waals surface area (Å²) >= 11 is 0. The zero-order valence-corrected chi connectivity index (χ0v) is 16.5. The van der Waals surface area contributed by atoms with E-state index in [4.69, 9.17) is 4.74 Å². The second kappa shape index (κ2) is 9.91. The molecule has 0 fully saturated rings. The molecule has 0 spiro atoms. The zero-order valence-electron chi connectivity index (χ0n) is 16.5. The fraction of sp³-hybridized carbons (Fsp3) is 0.211. The highest BCUT2D eigenvalue weighted by atomic mass is 16.6. The normalized spacial score (nSPS) is 10.1. The van der Waals surface area contributed by atoms with E-state index in [2.05, 4.69) is 10.6 Å². The molecule has 0 heterocycles. The second-order valence-electron chi connectivity index (χ2n) is 6.43. The van der Waals surface area contributed by atoms with Gasteiger partial charge < -0.3 is 15.4 Å². The molecule has 2 rings (SSSR count). The number of rotatable bonds is 8. The molecule has 2 N–H and O–H groups in total.